The molecular weight excluding hydrogens is 317 g/mol. The van der Waals surface area contributed by atoms with Gasteiger partial charge >= 0.3 is 0 Å². The van der Waals surface area contributed by atoms with Crippen molar-refractivity contribution >= 4 is 23.2 Å². The Morgan fingerprint density at radius 1 is 1.26 bits per heavy atom. The van der Waals surface area contributed by atoms with Gasteiger partial charge in [-0.15, -0.1) is 0 Å². The van der Waals surface area contributed by atoms with E-state index in [1.54, 1.807) is 24.1 Å². The Labute approximate surface area is 139 Å². The van der Waals surface area contributed by atoms with Gasteiger partial charge in [0.25, 0.3) is 0 Å². The number of ether oxygens (including phenoxy) is 1. The second-order valence-electron chi connectivity index (χ2n) is 5.58. The Morgan fingerprint density at radius 2 is 2.09 bits per heavy atom. The van der Waals surface area contributed by atoms with Gasteiger partial charge in [-0.3, -0.25) is 4.79 Å². The highest BCUT2D eigenvalue weighted by molar-refractivity contribution is 6.32. The molecule has 1 amide bonds. The number of halogens is 2. The molecule has 0 unspecified atom stereocenters. The van der Waals surface area contributed by atoms with Gasteiger partial charge in [-0.25, -0.2) is 4.39 Å². The molecule has 0 bridgehead atoms. The number of carbonyl (C=O) groups is 1. The Kier molecular flexibility index (Phi) is 4.53. The van der Waals surface area contributed by atoms with Crippen molar-refractivity contribution in [2.45, 2.75) is 25.8 Å². The second kappa shape index (κ2) is 6.59. The smallest absolute Gasteiger partial charge is 0.227 e. The van der Waals surface area contributed by atoms with Crippen LogP contribution < -0.4 is 9.64 Å². The summed E-state index contributed by atoms with van der Waals surface area (Å²) in [5.74, 6) is 0.250. The lowest BCUT2D eigenvalue weighted by Crippen LogP contribution is -2.29. The first kappa shape index (κ1) is 15.8. The molecule has 0 spiro atoms. The van der Waals surface area contributed by atoms with E-state index in [4.69, 9.17) is 16.3 Å². The van der Waals surface area contributed by atoms with Crippen LogP contribution in [0.15, 0.2) is 36.4 Å². The van der Waals surface area contributed by atoms with Crippen molar-refractivity contribution in [3.05, 3.63) is 58.4 Å². The number of nitrogens with zero attached hydrogens (tertiary/aromatic N) is 1. The summed E-state index contributed by atoms with van der Waals surface area (Å²) in [6.45, 7) is 0.328. The normalized spacial score (nSPS) is 14.4. The molecule has 0 aliphatic carbocycles. The predicted molar refractivity (Wildman–Crippen MR) is 88.5 cm³/mol. The number of aryl methyl sites for hydroxylation is 1. The number of anilines is 1. The molecule has 1 aliphatic rings. The van der Waals surface area contributed by atoms with E-state index in [0.717, 1.165) is 29.7 Å². The van der Waals surface area contributed by atoms with Crippen molar-refractivity contribution < 1.29 is 13.9 Å². The highest BCUT2D eigenvalue weighted by atomic mass is 35.5. The van der Waals surface area contributed by atoms with E-state index in [2.05, 4.69) is 0 Å². The minimum Gasteiger partial charge on any atom is -0.495 e. The third kappa shape index (κ3) is 3.32. The first-order valence-electron chi connectivity index (χ1n) is 7.49. The summed E-state index contributed by atoms with van der Waals surface area (Å²) < 4.78 is 18.7. The fraction of sp³-hybridized carbons (Fsp3) is 0.278. The van der Waals surface area contributed by atoms with Gasteiger partial charge in [-0.2, -0.15) is 0 Å². The van der Waals surface area contributed by atoms with Crippen LogP contribution in [0.4, 0.5) is 10.1 Å². The van der Waals surface area contributed by atoms with Crippen molar-refractivity contribution in [3.63, 3.8) is 0 Å². The first-order valence-corrected chi connectivity index (χ1v) is 7.87. The molecule has 0 fully saturated rings. The Morgan fingerprint density at radius 3 is 2.83 bits per heavy atom. The van der Waals surface area contributed by atoms with Gasteiger partial charge in [-0.05, 0) is 42.2 Å². The van der Waals surface area contributed by atoms with Gasteiger partial charge in [0.05, 0.1) is 24.4 Å². The number of methoxy groups -OCH3 is 1. The van der Waals surface area contributed by atoms with E-state index < -0.39 is 0 Å². The zero-order chi connectivity index (χ0) is 16.4. The van der Waals surface area contributed by atoms with Gasteiger partial charge < -0.3 is 9.64 Å². The average molecular weight is 334 g/mol. The zero-order valence-corrected chi connectivity index (χ0v) is 13.6. The van der Waals surface area contributed by atoms with E-state index in [1.165, 1.54) is 12.1 Å². The zero-order valence-electron chi connectivity index (χ0n) is 12.8. The van der Waals surface area contributed by atoms with Crippen LogP contribution in [-0.4, -0.2) is 13.0 Å². The quantitative estimate of drug-likeness (QED) is 0.835. The number of hydrogen-bond donors (Lipinski definition) is 0. The summed E-state index contributed by atoms with van der Waals surface area (Å²) in [7, 11) is 1.54. The fourth-order valence-electron chi connectivity index (χ4n) is 2.88. The van der Waals surface area contributed by atoms with Crippen molar-refractivity contribution in [1.29, 1.82) is 0 Å². The maximum absolute atomic E-state index is 13.4. The molecule has 3 rings (SSSR count). The fourth-order valence-corrected chi connectivity index (χ4v) is 3.15. The largest absolute Gasteiger partial charge is 0.495 e. The highest BCUT2D eigenvalue weighted by Crippen LogP contribution is 2.36. The number of benzene rings is 2. The van der Waals surface area contributed by atoms with Crippen molar-refractivity contribution in [2.75, 3.05) is 12.0 Å². The number of rotatable bonds is 3. The molecule has 0 atom stereocenters. The standard InChI is InChI=1S/C18H17ClFNO2/c1-23-17-10-16-13(9-15(17)19)5-3-7-18(22)21(16)11-12-4-2-6-14(20)8-12/h2,4,6,8-10H,3,5,7,11H2,1H3. The molecule has 1 heterocycles. The van der Waals surface area contributed by atoms with Crippen LogP contribution >= 0.6 is 11.6 Å². The summed E-state index contributed by atoms with van der Waals surface area (Å²) in [6.07, 6.45) is 2.02. The maximum Gasteiger partial charge on any atom is 0.227 e. The average Bonchev–Trinajstić information content (AvgIpc) is 2.66. The van der Waals surface area contributed by atoms with Crippen LogP contribution in [0, 0.1) is 5.82 Å². The lowest BCUT2D eigenvalue weighted by Gasteiger charge is -2.24. The molecule has 0 aromatic heterocycles. The van der Waals surface area contributed by atoms with Crippen LogP contribution in [0.2, 0.25) is 5.02 Å². The van der Waals surface area contributed by atoms with Crippen molar-refractivity contribution in [3.8, 4) is 5.75 Å². The number of carbonyl (C=O) groups excluding carboxylic acids is 1. The SMILES string of the molecule is COc1cc2c(cc1Cl)CCCC(=O)N2Cc1cccc(F)c1. The predicted octanol–water partition coefficient (Wildman–Crippen LogP) is 4.36. The van der Waals surface area contributed by atoms with Crippen molar-refractivity contribution in [2.24, 2.45) is 0 Å². The summed E-state index contributed by atoms with van der Waals surface area (Å²) in [5.41, 5.74) is 2.55. The Hall–Kier alpha value is -2.07. The second-order valence-corrected chi connectivity index (χ2v) is 5.99. The number of hydrogen-bond acceptors (Lipinski definition) is 2. The van der Waals surface area contributed by atoms with E-state index in [1.807, 2.05) is 12.1 Å². The maximum atomic E-state index is 13.4. The Balaban J connectivity index is 2.03. The molecule has 2 aromatic rings. The molecule has 5 heteroatoms. The van der Waals surface area contributed by atoms with E-state index in [0.29, 0.717) is 23.7 Å². The summed E-state index contributed by atoms with van der Waals surface area (Å²) in [4.78, 5) is 14.2. The van der Waals surface area contributed by atoms with E-state index >= 15 is 0 Å². The number of amides is 1. The van der Waals surface area contributed by atoms with Crippen molar-refractivity contribution in [1.82, 2.24) is 0 Å². The lowest BCUT2D eigenvalue weighted by atomic mass is 10.1. The molecule has 3 nitrogen and oxygen atoms in total. The van der Waals surface area contributed by atoms with Gasteiger partial charge in [0.1, 0.15) is 11.6 Å². The van der Waals surface area contributed by atoms with Crippen LogP contribution in [0.5, 0.6) is 5.75 Å². The van der Waals surface area contributed by atoms with Gasteiger partial charge in [0.15, 0.2) is 0 Å². The monoisotopic (exact) mass is 333 g/mol. The van der Waals surface area contributed by atoms with Crippen LogP contribution in [0.1, 0.15) is 24.0 Å². The molecule has 120 valence electrons. The lowest BCUT2D eigenvalue weighted by molar-refractivity contribution is -0.118. The molecule has 0 radical (unpaired) electrons. The van der Waals surface area contributed by atoms with Crippen LogP contribution in [0.25, 0.3) is 0 Å². The minimum absolute atomic E-state index is 0.0254. The van der Waals surface area contributed by atoms with E-state index in [9.17, 15) is 9.18 Å². The summed E-state index contributed by atoms with van der Waals surface area (Å²) in [6, 6.07) is 9.95. The van der Waals surface area contributed by atoms with Crippen LogP contribution in [0.3, 0.4) is 0 Å². The molecule has 2 aromatic carbocycles. The molecule has 0 saturated heterocycles. The highest BCUT2D eigenvalue weighted by Gasteiger charge is 2.24. The molecule has 0 saturated carbocycles. The Bertz CT molecular complexity index is 748. The van der Waals surface area contributed by atoms with Gasteiger partial charge in [0, 0.05) is 12.5 Å². The molecule has 1 aliphatic heterocycles. The van der Waals surface area contributed by atoms with Gasteiger partial charge in [-0.1, -0.05) is 23.7 Å². The minimum atomic E-state index is -0.307. The van der Waals surface area contributed by atoms with E-state index in [-0.39, 0.29) is 11.7 Å². The van der Waals surface area contributed by atoms with Gasteiger partial charge in [0.2, 0.25) is 5.91 Å². The molecule has 0 N–H and O–H groups in total. The summed E-state index contributed by atoms with van der Waals surface area (Å²) >= 11 is 6.20. The van der Waals surface area contributed by atoms with Crippen LogP contribution in [-0.2, 0) is 17.8 Å². The third-order valence-corrected chi connectivity index (χ3v) is 4.31. The topological polar surface area (TPSA) is 29.5 Å². The third-order valence-electron chi connectivity index (χ3n) is 4.01. The summed E-state index contributed by atoms with van der Waals surface area (Å²) in [5, 5.41) is 0.534. The molecular formula is C18H17ClFNO2. The number of fused-ring (bicyclic) bond motifs is 1. The molecule has 23 heavy (non-hydrogen) atoms. The first-order chi connectivity index (χ1) is 11.1.